The lowest BCUT2D eigenvalue weighted by molar-refractivity contribution is 1.01. The van der Waals surface area contributed by atoms with Crippen LogP contribution < -0.4 is 4.90 Å². The van der Waals surface area contributed by atoms with Gasteiger partial charge < -0.3 is 4.90 Å². The number of rotatable bonds is 5. The number of anilines is 2. The van der Waals surface area contributed by atoms with Gasteiger partial charge in [0, 0.05) is 37.2 Å². The van der Waals surface area contributed by atoms with Gasteiger partial charge >= 0.3 is 0 Å². The number of benzene rings is 4. The van der Waals surface area contributed by atoms with Crippen molar-refractivity contribution in [2.75, 3.05) is 4.90 Å². The molecular weight excluding hydrogens is 394 g/mol. The molecule has 0 atom stereocenters. The number of allylic oxidation sites excluding steroid dienone is 2. The Kier molecular flexibility index (Phi) is 5.31. The molecule has 0 radical (unpaired) electrons. The molecule has 0 fully saturated rings. The molecule has 0 N–H and O–H groups in total. The third kappa shape index (κ3) is 3.64. The van der Waals surface area contributed by atoms with Crippen molar-refractivity contribution in [2.45, 2.75) is 20.3 Å². The lowest BCUT2D eigenvalue weighted by Gasteiger charge is -2.28. The van der Waals surface area contributed by atoms with Gasteiger partial charge in [-0.1, -0.05) is 73.7 Å². The fourth-order valence-corrected chi connectivity index (χ4v) is 5.37. The first-order valence-corrected chi connectivity index (χ1v) is 11.6. The molecule has 31 heavy (non-hydrogen) atoms. The van der Waals surface area contributed by atoms with Crippen LogP contribution in [0, 0.1) is 0 Å². The molecule has 0 spiro atoms. The zero-order valence-corrected chi connectivity index (χ0v) is 18.7. The summed E-state index contributed by atoms with van der Waals surface area (Å²) < 4.78 is 2.68. The number of thiophene rings is 1. The molecule has 0 aliphatic rings. The Bertz CT molecular complexity index is 1380. The van der Waals surface area contributed by atoms with Gasteiger partial charge in [-0.3, -0.25) is 0 Å². The number of hydrogen-bond acceptors (Lipinski definition) is 2. The van der Waals surface area contributed by atoms with E-state index in [4.69, 9.17) is 0 Å². The first-order chi connectivity index (χ1) is 15.3. The molecule has 0 aliphatic heterocycles. The third-order valence-corrected chi connectivity index (χ3v) is 6.96. The lowest BCUT2D eigenvalue weighted by Crippen LogP contribution is -2.15. The summed E-state index contributed by atoms with van der Waals surface area (Å²) in [5.41, 5.74) is 6.16. The van der Waals surface area contributed by atoms with Crippen LogP contribution >= 0.6 is 11.3 Å². The van der Waals surface area contributed by atoms with Gasteiger partial charge in [0.15, 0.2) is 0 Å². The number of hydrogen-bond donors (Lipinski definition) is 0. The maximum atomic E-state index is 2.40. The van der Waals surface area contributed by atoms with Gasteiger partial charge in [0.05, 0.1) is 0 Å². The average Bonchev–Trinajstić information content (AvgIpc) is 3.21. The first-order valence-electron chi connectivity index (χ1n) is 10.8. The normalized spacial score (nSPS) is 11.9. The van der Waals surface area contributed by atoms with E-state index in [0.29, 0.717) is 0 Å². The molecule has 2 heteroatoms. The van der Waals surface area contributed by atoms with Gasteiger partial charge in [0.25, 0.3) is 0 Å². The fourth-order valence-electron chi connectivity index (χ4n) is 4.28. The monoisotopic (exact) mass is 419 g/mol. The van der Waals surface area contributed by atoms with E-state index in [-0.39, 0.29) is 0 Å². The third-order valence-electron chi connectivity index (χ3n) is 5.81. The van der Waals surface area contributed by atoms with Crippen LogP contribution in [-0.4, -0.2) is 0 Å². The maximum absolute atomic E-state index is 2.40. The van der Waals surface area contributed by atoms with Gasteiger partial charge in [0.2, 0.25) is 0 Å². The highest BCUT2D eigenvalue weighted by Gasteiger charge is 2.16. The van der Waals surface area contributed by atoms with E-state index < -0.39 is 0 Å². The topological polar surface area (TPSA) is 3.24 Å². The highest BCUT2D eigenvalue weighted by atomic mass is 32.1. The molecule has 1 aromatic heterocycles. The fraction of sp³-hybridized carbons (Fsp3) is 0.103. The summed E-state index contributed by atoms with van der Waals surface area (Å²) in [4.78, 5) is 2.40. The molecule has 0 saturated heterocycles. The van der Waals surface area contributed by atoms with E-state index in [0.717, 1.165) is 6.42 Å². The molecule has 0 saturated carbocycles. The summed E-state index contributed by atoms with van der Waals surface area (Å²) in [6.45, 7) is 4.35. The Hall–Kier alpha value is -3.36. The van der Waals surface area contributed by atoms with E-state index in [1.807, 2.05) is 11.3 Å². The van der Waals surface area contributed by atoms with Crippen molar-refractivity contribution in [1.29, 1.82) is 0 Å². The van der Waals surface area contributed by atoms with Crippen LogP contribution in [0.5, 0.6) is 0 Å². The largest absolute Gasteiger partial charge is 0.315 e. The van der Waals surface area contributed by atoms with Gasteiger partial charge in [-0.2, -0.15) is 0 Å². The molecule has 0 amide bonds. The van der Waals surface area contributed by atoms with Gasteiger partial charge in [-0.15, -0.1) is 11.3 Å². The van der Waals surface area contributed by atoms with E-state index in [1.54, 1.807) is 0 Å². The zero-order valence-electron chi connectivity index (χ0n) is 17.9. The van der Waals surface area contributed by atoms with E-state index >= 15 is 0 Å². The molecule has 5 rings (SSSR count). The van der Waals surface area contributed by atoms with Crippen molar-refractivity contribution in [1.82, 2.24) is 0 Å². The molecule has 4 aromatic carbocycles. The van der Waals surface area contributed by atoms with Gasteiger partial charge in [-0.05, 0) is 60.9 Å². The van der Waals surface area contributed by atoms with Gasteiger partial charge in [0.1, 0.15) is 0 Å². The Morgan fingerprint density at radius 1 is 0.710 bits per heavy atom. The quantitative estimate of drug-likeness (QED) is 0.274. The number of fused-ring (bicyclic) bond motifs is 3. The summed E-state index contributed by atoms with van der Waals surface area (Å²) in [6, 6.07) is 35.0. The van der Waals surface area contributed by atoms with Crippen LogP contribution in [0.25, 0.3) is 31.3 Å². The van der Waals surface area contributed by atoms with E-state index in [9.17, 15) is 0 Å². The zero-order chi connectivity index (χ0) is 21.2. The summed E-state index contributed by atoms with van der Waals surface area (Å²) in [5, 5.41) is 2.66. The van der Waals surface area contributed by atoms with Crippen molar-refractivity contribution < 1.29 is 0 Å². The molecule has 5 aromatic rings. The highest BCUT2D eigenvalue weighted by molar-refractivity contribution is 7.25. The SMILES string of the molecule is C/C=C(\CC)N(c1cccc(-c2ccccc2)c1)c1ccc2sc3ccccc3c2c1. The van der Waals surface area contributed by atoms with Crippen LogP contribution in [0.2, 0.25) is 0 Å². The Morgan fingerprint density at radius 2 is 1.42 bits per heavy atom. The second kappa shape index (κ2) is 8.41. The molecule has 1 nitrogen and oxygen atoms in total. The smallest absolute Gasteiger partial charge is 0.0465 e. The Labute approximate surface area is 187 Å². The van der Waals surface area contributed by atoms with Crippen molar-refractivity contribution in [3.63, 3.8) is 0 Å². The minimum Gasteiger partial charge on any atom is -0.315 e. The second-order valence-electron chi connectivity index (χ2n) is 7.66. The molecule has 0 unspecified atom stereocenters. The van der Waals surface area contributed by atoms with Crippen LogP contribution in [0.15, 0.2) is 109 Å². The molecular formula is C29H25NS. The van der Waals surface area contributed by atoms with Crippen molar-refractivity contribution in [2.24, 2.45) is 0 Å². The summed E-state index contributed by atoms with van der Waals surface area (Å²) in [6.07, 6.45) is 3.19. The predicted molar refractivity (Wildman–Crippen MR) is 137 cm³/mol. The van der Waals surface area contributed by atoms with Crippen molar-refractivity contribution >= 4 is 42.9 Å². The van der Waals surface area contributed by atoms with Crippen LogP contribution in [0.1, 0.15) is 20.3 Å². The second-order valence-corrected chi connectivity index (χ2v) is 8.75. The van der Waals surface area contributed by atoms with Crippen LogP contribution in [0.3, 0.4) is 0 Å². The van der Waals surface area contributed by atoms with E-state index in [1.165, 1.54) is 48.4 Å². The minimum atomic E-state index is 0.967. The van der Waals surface area contributed by atoms with Crippen molar-refractivity contribution in [3.8, 4) is 11.1 Å². The maximum Gasteiger partial charge on any atom is 0.0465 e. The summed E-state index contributed by atoms with van der Waals surface area (Å²) in [5.74, 6) is 0. The summed E-state index contributed by atoms with van der Waals surface area (Å²) in [7, 11) is 0. The van der Waals surface area contributed by atoms with Gasteiger partial charge in [-0.25, -0.2) is 0 Å². The molecule has 1 heterocycles. The molecule has 0 aliphatic carbocycles. The first kappa shape index (κ1) is 19.6. The van der Waals surface area contributed by atoms with Crippen molar-refractivity contribution in [3.05, 3.63) is 109 Å². The Balaban J connectivity index is 1.68. The van der Waals surface area contributed by atoms with Crippen LogP contribution in [0.4, 0.5) is 11.4 Å². The minimum absolute atomic E-state index is 0.967. The molecule has 152 valence electrons. The lowest BCUT2D eigenvalue weighted by atomic mass is 10.0. The molecule has 0 bridgehead atoms. The standard InChI is InChI=1S/C29H25NS/c1-3-23(4-2)30(24-14-10-13-22(19-24)21-11-6-5-7-12-21)25-17-18-29-27(20-25)26-15-8-9-16-28(26)31-29/h3,5-20H,4H2,1-2H3/b23-3+. The van der Waals surface area contributed by atoms with E-state index in [2.05, 4.69) is 122 Å². The summed E-state index contributed by atoms with van der Waals surface area (Å²) >= 11 is 1.86. The predicted octanol–water partition coefficient (Wildman–Crippen LogP) is 9.17. The number of nitrogens with zero attached hydrogens (tertiary/aromatic N) is 1. The Morgan fingerprint density at radius 3 is 2.23 bits per heavy atom. The average molecular weight is 420 g/mol. The highest BCUT2D eigenvalue weighted by Crippen LogP contribution is 2.39. The van der Waals surface area contributed by atoms with Crippen LogP contribution in [-0.2, 0) is 0 Å².